The largest absolute Gasteiger partial charge is 0.478 e. The Morgan fingerprint density at radius 3 is 2.20 bits per heavy atom. The Kier molecular flexibility index (Phi) is 11.9. The van der Waals surface area contributed by atoms with Gasteiger partial charge in [-0.25, -0.2) is 9.59 Å². The molecule has 46 heavy (non-hydrogen) atoms. The van der Waals surface area contributed by atoms with E-state index in [0.717, 1.165) is 18.7 Å². The number of carbonyl (C=O) groups is 5. The number of ketones is 2. The molecular formula is C33H43NO11S. The molecule has 1 aromatic carbocycles. The zero-order chi connectivity index (χ0) is 34.6. The van der Waals surface area contributed by atoms with Gasteiger partial charge in [0.1, 0.15) is 0 Å². The van der Waals surface area contributed by atoms with Crippen molar-refractivity contribution in [1.82, 2.24) is 0 Å². The third kappa shape index (κ3) is 7.02. The van der Waals surface area contributed by atoms with Gasteiger partial charge in [-0.2, -0.15) is 0 Å². The summed E-state index contributed by atoms with van der Waals surface area (Å²) in [6, 6.07) is 8.30. The van der Waals surface area contributed by atoms with Crippen LogP contribution in [-0.2, 0) is 28.6 Å². The minimum atomic E-state index is -1.37. The van der Waals surface area contributed by atoms with Crippen molar-refractivity contribution in [3.63, 3.8) is 0 Å². The molecule has 3 fully saturated rings. The number of aliphatic hydroxyl groups is 1. The van der Waals surface area contributed by atoms with Gasteiger partial charge in [0.15, 0.2) is 17.7 Å². The van der Waals surface area contributed by atoms with Crippen molar-refractivity contribution in [3.8, 4) is 0 Å². The van der Waals surface area contributed by atoms with Crippen LogP contribution >= 0.6 is 11.8 Å². The average molecular weight is 662 g/mol. The molecule has 1 amide bonds. The van der Waals surface area contributed by atoms with Crippen LogP contribution in [0.5, 0.6) is 0 Å². The first kappa shape index (κ1) is 37.2. The van der Waals surface area contributed by atoms with E-state index in [1.807, 2.05) is 32.9 Å². The first-order chi connectivity index (χ1) is 21.5. The van der Waals surface area contributed by atoms with Gasteiger partial charge in [-0.1, -0.05) is 39.0 Å². The first-order valence-corrected chi connectivity index (χ1v) is 16.1. The first-order valence-electron chi connectivity index (χ1n) is 15.1. The van der Waals surface area contributed by atoms with Gasteiger partial charge in [-0.15, -0.1) is 4.91 Å². The molecule has 7 atom stereocenters. The molecule has 1 saturated heterocycles. The Morgan fingerprint density at radius 1 is 1.13 bits per heavy atom. The number of fused-ring (bicyclic) bond motifs is 5. The Hall–Kier alpha value is -3.26. The minimum absolute atomic E-state index is 0.0175. The van der Waals surface area contributed by atoms with E-state index in [4.69, 9.17) is 24.2 Å². The zero-order valence-electron chi connectivity index (χ0n) is 27.2. The van der Waals surface area contributed by atoms with Crippen molar-refractivity contribution >= 4 is 40.5 Å². The molecule has 0 spiro atoms. The van der Waals surface area contributed by atoms with Crippen LogP contribution in [0.1, 0.15) is 71.2 Å². The Balaban J connectivity index is 0.000000341. The molecule has 2 saturated carbocycles. The summed E-state index contributed by atoms with van der Waals surface area (Å²) in [7, 11) is 1.58. The summed E-state index contributed by atoms with van der Waals surface area (Å²) in [5, 5.41) is 21.8. The molecule has 7 unspecified atom stereocenters. The van der Waals surface area contributed by atoms with Gasteiger partial charge >= 0.3 is 11.3 Å². The van der Waals surface area contributed by atoms with E-state index in [1.54, 1.807) is 44.4 Å². The quantitative estimate of drug-likeness (QED) is 0.326. The van der Waals surface area contributed by atoms with Gasteiger partial charge in [0.05, 0.1) is 35.4 Å². The highest BCUT2D eigenvalue weighted by Gasteiger charge is 2.68. The fourth-order valence-corrected chi connectivity index (χ4v) is 7.61. The summed E-state index contributed by atoms with van der Waals surface area (Å²) in [6.07, 6.45) is -0.873. The van der Waals surface area contributed by atoms with Crippen LogP contribution in [0.3, 0.4) is 0 Å². The van der Waals surface area contributed by atoms with Crippen LogP contribution in [0.15, 0.2) is 46.7 Å². The summed E-state index contributed by atoms with van der Waals surface area (Å²) in [5.41, 5.74) is -2.12. The number of Topliss-reactive ketones (excluding diaryl/α,β-unsaturated/α-hetero) is 2. The van der Waals surface area contributed by atoms with Crippen LogP contribution in [0.25, 0.3) is 0 Å². The number of ether oxygens (including phenoxy) is 3. The second kappa shape index (κ2) is 14.7. The van der Waals surface area contributed by atoms with Crippen molar-refractivity contribution in [2.24, 2.45) is 27.8 Å². The molecule has 0 aromatic heterocycles. The SMILES string of the molecule is CC(=O)N=O.CCSC(=O)OC1C(=O)C2(C)C(OC)CC3OCC3C2CC2(O)CC(=O)C(C)=C1C2(C)C.O=C(O)c1ccccc1. The predicted octanol–water partition coefficient (Wildman–Crippen LogP) is 5.00. The number of carboxylic acid groups (broad SMARTS) is 1. The van der Waals surface area contributed by atoms with E-state index >= 15 is 0 Å². The third-order valence-electron chi connectivity index (χ3n) is 9.99. The van der Waals surface area contributed by atoms with Crippen molar-refractivity contribution in [3.05, 3.63) is 51.9 Å². The van der Waals surface area contributed by atoms with E-state index in [2.05, 4.69) is 0 Å². The predicted molar refractivity (Wildman–Crippen MR) is 169 cm³/mol. The highest BCUT2D eigenvalue weighted by Crippen LogP contribution is 2.61. The smallest absolute Gasteiger partial charge is 0.368 e. The number of nitrogens with zero attached hydrogens (tertiary/aromatic N) is 1. The summed E-state index contributed by atoms with van der Waals surface area (Å²) >= 11 is 0.984. The maximum Gasteiger partial charge on any atom is 0.368 e. The third-order valence-corrected chi connectivity index (χ3v) is 10.6. The second-order valence-electron chi connectivity index (χ2n) is 12.7. The number of nitroso groups, excluding NO2 is 1. The molecule has 2 N–H and O–H groups in total. The van der Waals surface area contributed by atoms with Gasteiger partial charge in [0.25, 0.3) is 5.91 Å². The molecule has 0 radical (unpaired) electrons. The van der Waals surface area contributed by atoms with E-state index in [0.29, 0.717) is 41.9 Å². The molecule has 3 aliphatic carbocycles. The van der Waals surface area contributed by atoms with E-state index in [9.17, 15) is 29.1 Å². The number of hydrogen-bond acceptors (Lipinski definition) is 11. The lowest BCUT2D eigenvalue weighted by atomic mass is 9.47. The number of aromatic carboxylic acids is 1. The lowest BCUT2D eigenvalue weighted by molar-refractivity contribution is -0.244. The van der Waals surface area contributed by atoms with E-state index in [1.165, 1.54) is 0 Å². The highest BCUT2D eigenvalue weighted by molar-refractivity contribution is 8.13. The normalized spacial score (nSPS) is 32.3. The number of carboxylic acids is 1. The fourth-order valence-electron chi connectivity index (χ4n) is 7.21. The van der Waals surface area contributed by atoms with Crippen molar-refractivity contribution < 1.29 is 48.4 Å². The van der Waals surface area contributed by atoms with Crippen LogP contribution in [0.2, 0.25) is 0 Å². The van der Waals surface area contributed by atoms with Gasteiger partial charge < -0.3 is 24.4 Å². The summed E-state index contributed by atoms with van der Waals surface area (Å²) in [4.78, 5) is 68.4. The molecule has 13 heteroatoms. The number of benzene rings is 1. The molecular weight excluding hydrogens is 618 g/mol. The lowest BCUT2D eigenvalue weighted by Gasteiger charge is -2.62. The van der Waals surface area contributed by atoms with Crippen molar-refractivity contribution in [1.29, 1.82) is 0 Å². The monoisotopic (exact) mass is 661 g/mol. The maximum absolute atomic E-state index is 14.3. The average Bonchev–Trinajstić information content (AvgIpc) is 2.98. The molecule has 1 aromatic rings. The molecule has 5 rings (SSSR count). The van der Waals surface area contributed by atoms with Gasteiger partial charge in [-0.05, 0) is 61.2 Å². The van der Waals surface area contributed by atoms with Gasteiger partial charge in [0.2, 0.25) is 0 Å². The topological polar surface area (TPSA) is 183 Å². The van der Waals surface area contributed by atoms with E-state index in [-0.39, 0.29) is 35.9 Å². The Labute approximate surface area is 272 Å². The van der Waals surface area contributed by atoms with Crippen LogP contribution in [0.4, 0.5) is 4.79 Å². The zero-order valence-corrected chi connectivity index (χ0v) is 28.0. The standard InChI is InChI=1S/C24H34O7S.C7H6O2.C2H3NO2/c1-7-32-21(27)31-19-18-12(2)15(25)10-24(28,22(18,3)4)9-14-13-11-30-16(13)8-17(29-6)23(14,5)20(19)26;8-7(9)6-4-2-1-3-5-6;1-2(4)3-5/h13-14,16-17,19,28H,7-11H2,1-6H3;1-5H,(H,8,9);1H3. The van der Waals surface area contributed by atoms with Crippen molar-refractivity contribution in [2.45, 2.75) is 84.7 Å². The Morgan fingerprint density at radius 2 is 1.74 bits per heavy atom. The number of thioether (sulfide) groups is 1. The summed E-state index contributed by atoms with van der Waals surface area (Å²) in [6.45, 7) is 10.7. The van der Waals surface area contributed by atoms with Gasteiger partial charge in [0, 0.05) is 49.1 Å². The minimum Gasteiger partial charge on any atom is -0.478 e. The van der Waals surface area contributed by atoms with Crippen LogP contribution in [-0.4, -0.2) is 82.3 Å². The fraction of sp³-hybridized carbons (Fsp3) is 0.606. The number of carbonyl (C=O) groups excluding carboxylic acids is 4. The van der Waals surface area contributed by atoms with Crippen molar-refractivity contribution in [2.75, 3.05) is 19.5 Å². The van der Waals surface area contributed by atoms with E-state index < -0.39 is 45.8 Å². The summed E-state index contributed by atoms with van der Waals surface area (Å²) in [5.74, 6) is -1.68. The number of hydrogen-bond donors (Lipinski definition) is 2. The molecule has 2 bridgehead atoms. The van der Waals surface area contributed by atoms with Crippen LogP contribution in [0, 0.1) is 27.6 Å². The maximum atomic E-state index is 14.3. The Bertz CT molecular complexity index is 1390. The molecule has 1 heterocycles. The molecule has 12 nitrogen and oxygen atoms in total. The van der Waals surface area contributed by atoms with Crippen LogP contribution < -0.4 is 0 Å². The number of allylic oxidation sites excluding steroid dienone is 1. The summed E-state index contributed by atoms with van der Waals surface area (Å²) < 4.78 is 17.4. The number of methoxy groups -OCH3 is 1. The number of rotatable bonds is 4. The van der Waals surface area contributed by atoms with Gasteiger partial charge in [-0.3, -0.25) is 14.4 Å². The highest BCUT2D eigenvalue weighted by atomic mass is 32.2. The molecule has 1 aliphatic heterocycles. The number of amides is 1. The molecule has 252 valence electrons. The second-order valence-corrected chi connectivity index (χ2v) is 13.9. The lowest BCUT2D eigenvalue weighted by Crippen LogP contribution is -2.69. The molecule has 4 aliphatic rings.